The lowest BCUT2D eigenvalue weighted by molar-refractivity contribution is -0.112. The van der Waals surface area contributed by atoms with Gasteiger partial charge < -0.3 is 31.2 Å². The molecule has 0 saturated heterocycles. The molecule has 2 aromatic carbocycles. The third-order valence-electron chi connectivity index (χ3n) is 5.45. The number of fused-ring (bicyclic) bond motifs is 1. The van der Waals surface area contributed by atoms with Gasteiger partial charge >= 0.3 is 0 Å². The van der Waals surface area contributed by atoms with Gasteiger partial charge in [0, 0.05) is 48.5 Å². The highest BCUT2D eigenvalue weighted by molar-refractivity contribution is 6.06. The zero-order valence-corrected chi connectivity index (χ0v) is 20.6. The molecular formula is C26H24N8O4. The molecular weight excluding hydrogens is 488 g/mol. The first kappa shape index (κ1) is 25.5. The highest BCUT2D eigenvalue weighted by Crippen LogP contribution is 2.30. The van der Waals surface area contributed by atoms with E-state index >= 15 is 0 Å². The number of aromatic nitrogens is 3. The quantitative estimate of drug-likeness (QED) is 0.184. The van der Waals surface area contributed by atoms with E-state index in [1.165, 1.54) is 20.4 Å². The minimum Gasteiger partial charge on any atom is -0.497 e. The number of benzene rings is 2. The number of primary amides is 1. The fraction of sp³-hybridized carbons (Fsp3) is 0.115. The molecule has 192 valence electrons. The first-order chi connectivity index (χ1) is 18.3. The number of methoxy groups -OCH3 is 2. The summed E-state index contributed by atoms with van der Waals surface area (Å²) in [6.07, 6.45) is 3.19. The van der Waals surface area contributed by atoms with Crippen molar-refractivity contribution in [1.82, 2.24) is 14.4 Å². The molecule has 0 fully saturated rings. The fourth-order valence-corrected chi connectivity index (χ4v) is 3.64. The number of hydrogen-bond acceptors (Lipinski definition) is 9. The molecule has 38 heavy (non-hydrogen) atoms. The Morgan fingerprint density at radius 3 is 2.53 bits per heavy atom. The molecule has 0 bridgehead atoms. The van der Waals surface area contributed by atoms with Crippen LogP contribution in [0.5, 0.6) is 11.5 Å². The zero-order valence-electron chi connectivity index (χ0n) is 20.6. The van der Waals surface area contributed by atoms with E-state index in [-0.39, 0.29) is 17.0 Å². The summed E-state index contributed by atoms with van der Waals surface area (Å²) in [5, 5.41) is 17.8. The van der Waals surface area contributed by atoms with Crippen molar-refractivity contribution in [3.63, 3.8) is 0 Å². The van der Waals surface area contributed by atoms with Crippen LogP contribution in [0.3, 0.4) is 0 Å². The molecule has 0 saturated carbocycles. The van der Waals surface area contributed by atoms with Crippen LogP contribution in [0, 0.1) is 11.3 Å². The van der Waals surface area contributed by atoms with E-state index in [0.29, 0.717) is 41.0 Å². The third-order valence-corrected chi connectivity index (χ3v) is 5.45. The van der Waals surface area contributed by atoms with Crippen LogP contribution in [0.15, 0.2) is 67.0 Å². The summed E-state index contributed by atoms with van der Waals surface area (Å²) in [6, 6.07) is 13.9. The van der Waals surface area contributed by atoms with Crippen molar-refractivity contribution in [2.75, 3.05) is 30.2 Å². The predicted molar refractivity (Wildman–Crippen MR) is 141 cm³/mol. The van der Waals surface area contributed by atoms with E-state index in [4.69, 9.17) is 20.5 Å². The summed E-state index contributed by atoms with van der Waals surface area (Å²) in [7, 11) is 3.06. The SMILES string of the molecule is C=C(C#N)C(=O)Nc1cccc(CNc2nc(Nc3cc(OC)cc(OC)c3)c(C(N)=O)c3nccn23)c1. The van der Waals surface area contributed by atoms with Crippen LogP contribution in [0.1, 0.15) is 15.9 Å². The number of ether oxygens (including phenoxy) is 2. The number of anilines is 4. The van der Waals surface area contributed by atoms with Crippen LogP contribution in [0.4, 0.5) is 23.1 Å². The van der Waals surface area contributed by atoms with Gasteiger partial charge in [0.25, 0.3) is 11.8 Å². The molecule has 0 aliphatic rings. The minimum atomic E-state index is -0.708. The molecule has 12 nitrogen and oxygen atoms in total. The van der Waals surface area contributed by atoms with Crippen LogP contribution in [-0.2, 0) is 11.3 Å². The van der Waals surface area contributed by atoms with E-state index in [1.807, 2.05) is 6.07 Å². The molecule has 4 rings (SSSR count). The van der Waals surface area contributed by atoms with Gasteiger partial charge in [0.15, 0.2) is 11.5 Å². The number of nitrogens with one attached hydrogen (secondary N) is 3. The molecule has 2 amide bonds. The Hall–Kier alpha value is -5.57. The number of carbonyl (C=O) groups is 2. The fourth-order valence-electron chi connectivity index (χ4n) is 3.64. The van der Waals surface area contributed by atoms with Gasteiger partial charge in [0.05, 0.1) is 14.2 Å². The van der Waals surface area contributed by atoms with E-state index < -0.39 is 11.8 Å². The number of rotatable bonds is 10. The van der Waals surface area contributed by atoms with Crippen LogP contribution in [0.2, 0.25) is 0 Å². The monoisotopic (exact) mass is 512 g/mol. The number of nitrogens with two attached hydrogens (primary N) is 1. The van der Waals surface area contributed by atoms with Crippen LogP contribution >= 0.6 is 0 Å². The van der Waals surface area contributed by atoms with Crippen molar-refractivity contribution in [3.05, 3.63) is 78.1 Å². The summed E-state index contributed by atoms with van der Waals surface area (Å²) >= 11 is 0. The Morgan fingerprint density at radius 1 is 1.13 bits per heavy atom. The van der Waals surface area contributed by atoms with Gasteiger partial charge in [-0.3, -0.25) is 14.0 Å². The largest absolute Gasteiger partial charge is 0.497 e. The topological polar surface area (TPSA) is 169 Å². The minimum absolute atomic E-state index is 0.102. The summed E-state index contributed by atoms with van der Waals surface area (Å²) in [5.41, 5.74) is 7.80. The predicted octanol–water partition coefficient (Wildman–Crippen LogP) is 3.22. The second-order valence-electron chi connectivity index (χ2n) is 7.97. The molecule has 4 aromatic rings. The van der Waals surface area contributed by atoms with E-state index in [9.17, 15) is 9.59 Å². The summed E-state index contributed by atoms with van der Waals surface area (Å²) in [4.78, 5) is 33.3. The summed E-state index contributed by atoms with van der Waals surface area (Å²) < 4.78 is 12.3. The van der Waals surface area contributed by atoms with E-state index in [1.54, 1.807) is 53.1 Å². The van der Waals surface area contributed by atoms with Crippen molar-refractivity contribution < 1.29 is 19.1 Å². The average Bonchev–Trinajstić information content (AvgIpc) is 3.40. The van der Waals surface area contributed by atoms with Gasteiger partial charge in [0.2, 0.25) is 5.95 Å². The van der Waals surface area contributed by atoms with Crippen LogP contribution < -0.4 is 31.2 Å². The number of nitrogens with zero attached hydrogens (tertiary/aromatic N) is 4. The second-order valence-corrected chi connectivity index (χ2v) is 7.97. The third kappa shape index (κ3) is 5.47. The Labute approximate surface area is 217 Å². The maximum Gasteiger partial charge on any atom is 0.265 e. The number of carbonyl (C=O) groups excluding carboxylic acids is 2. The Balaban J connectivity index is 1.66. The first-order valence-electron chi connectivity index (χ1n) is 11.2. The number of imidazole rings is 1. The maximum atomic E-state index is 12.4. The Bertz CT molecular complexity index is 1570. The molecule has 0 aliphatic heterocycles. The lowest BCUT2D eigenvalue weighted by Gasteiger charge is -2.16. The highest BCUT2D eigenvalue weighted by atomic mass is 16.5. The van der Waals surface area contributed by atoms with Gasteiger partial charge in [-0.05, 0) is 17.7 Å². The van der Waals surface area contributed by atoms with Crippen molar-refractivity contribution in [2.24, 2.45) is 5.73 Å². The molecule has 0 aliphatic carbocycles. The standard InChI is InChI=1S/C26H24N8O4/c1-15(13-27)25(36)32-17-6-4-5-16(9-17)14-30-26-33-23(21(22(28)35)24-29-7-8-34(24)26)31-18-10-19(37-2)12-20(11-18)38-3/h4-12,31H,1,14H2,2-3H3,(H2,28,35)(H,30,33)(H,32,36). The summed E-state index contributed by atoms with van der Waals surface area (Å²) in [5.74, 6) is 0.361. The van der Waals surface area contributed by atoms with Crippen molar-refractivity contribution in [2.45, 2.75) is 6.54 Å². The molecule has 2 heterocycles. The smallest absolute Gasteiger partial charge is 0.265 e. The normalized spacial score (nSPS) is 10.3. The van der Waals surface area contributed by atoms with E-state index in [2.05, 4.69) is 32.5 Å². The molecule has 0 unspecified atom stereocenters. The molecule has 0 radical (unpaired) electrons. The maximum absolute atomic E-state index is 12.4. The molecule has 5 N–H and O–H groups in total. The summed E-state index contributed by atoms with van der Waals surface area (Å²) in [6.45, 7) is 3.72. The number of amides is 2. The van der Waals surface area contributed by atoms with Crippen LogP contribution in [0.25, 0.3) is 5.65 Å². The lowest BCUT2D eigenvalue weighted by Crippen LogP contribution is -2.18. The second kappa shape index (κ2) is 11.0. The molecule has 12 heteroatoms. The van der Waals surface area contributed by atoms with Gasteiger partial charge in [-0.2, -0.15) is 10.2 Å². The van der Waals surface area contributed by atoms with Crippen LogP contribution in [-0.4, -0.2) is 40.4 Å². The van der Waals surface area contributed by atoms with Gasteiger partial charge in [-0.15, -0.1) is 0 Å². The number of hydrogen-bond donors (Lipinski definition) is 4. The zero-order chi connectivity index (χ0) is 27.2. The van der Waals surface area contributed by atoms with Gasteiger partial charge in [-0.1, -0.05) is 18.7 Å². The van der Waals surface area contributed by atoms with E-state index in [0.717, 1.165) is 5.56 Å². The number of nitriles is 1. The first-order valence-corrected chi connectivity index (χ1v) is 11.2. The molecule has 0 atom stereocenters. The highest BCUT2D eigenvalue weighted by Gasteiger charge is 2.20. The average molecular weight is 513 g/mol. The van der Waals surface area contributed by atoms with Crippen molar-refractivity contribution in [3.8, 4) is 17.6 Å². The molecule has 0 spiro atoms. The van der Waals surface area contributed by atoms with Gasteiger partial charge in [-0.25, -0.2) is 4.98 Å². The van der Waals surface area contributed by atoms with Gasteiger partial charge in [0.1, 0.15) is 28.7 Å². The molecule has 2 aromatic heterocycles. The lowest BCUT2D eigenvalue weighted by atomic mass is 10.2. The Morgan fingerprint density at radius 2 is 1.87 bits per heavy atom. The van der Waals surface area contributed by atoms with Crippen molar-refractivity contribution >= 4 is 40.6 Å². The van der Waals surface area contributed by atoms with Crippen molar-refractivity contribution in [1.29, 1.82) is 5.26 Å². The Kier molecular flexibility index (Phi) is 7.39.